The Balaban J connectivity index is 1.67. The number of carbonyl (C=O) groups excluding carboxylic acids is 2. The topological polar surface area (TPSA) is 106 Å². The Kier molecular flexibility index (Phi) is 7.74. The molecular weight excluding hydrogens is 440 g/mol. The van der Waals surface area contributed by atoms with E-state index in [1.165, 1.54) is 7.05 Å². The van der Waals surface area contributed by atoms with Crippen LogP contribution in [0.1, 0.15) is 29.9 Å². The second kappa shape index (κ2) is 10.5. The highest BCUT2D eigenvalue weighted by molar-refractivity contribution is 8.00. The van der Waals surface area contributed by atoms with Crippen LogP contribution in [0.5, 0.6) is 0 Å². The number of carboxylic acid groups (broad SMARTS) is 1. The average molecular weight is 467 g/mol. The summed E-state index contributed by atoms with van der Waals surface area (Å²) in [4.78, 5) is 37.9. The molecule has 172 valence electrons. The standard InChI is InChI=1S/C25H26N2O5S/c1-27(21(24(29)30)12-13-22(28)23(14-26)33(2)3)25(31)32-15-20-18-10-6-4-8-16(18)17-9-5-7-11-19(17)20/h4-11,20-21H,12-13,15H2,1-3H3,(H,29,30)/t21-/m1/s1. The van der Waals surface area contributed by atoms with Crippen LogP contribution in [-0.2, 0) is 25.2 Å². The van der Waals surface area contributed by atoms with Crippen LogP contribution in [0.4, 0.5) is 4.79 Å². The van der Waals surface area contributed by atoms with Crippen LogP contribution < -0.4 is 0 Å². The Labute approximate surface area is 195 Å². The molecule has 0 heterocycles. The predicted molar refractivity (Wildman–Crippen MR) is 130 cm³/mol. The second-order valence-electron chi connectivity index (χ2n) is 7.99. The normalized spacial score (nSPS) is 13.0. The van der Waals surface area contributed by atoms with Crippen LogP contribution >= 0.6 is 0 Å². The van der Waals surface area contributed by atoms with Gasteiger partial charge in [0, 0.05) is 30.3 Å². The Morgan fingerprint density at radius 2 is 1.64 bits per heavy atom. The zero-order chi connectivity index (χ0) is 24.1. The first-order valence-electron chi connectivity index (χ1n) is 10.4. The van der Waals surface area contributed by atoms with Gasteiger partial charge in [-0.05, 0) is 28.7 Å². The SMILES string of the molecule is CN(C(=O)OCC1c2ccccc2-c2ccccc21)[C@H](CCC(=O)C(=C=[N-])[S+](C)C)C(=O)O. The molecule has 0 unspecified atom stereocenters. The third-order valence-electron chi connectivity index (χ3n) is 5.78. The van der Waals surface area contributed by atoms with Gasteiger partial charge in [-0.2, -0.15) is 0 Å². The molecule has 1 atom stereocenters. The van der Waals surface area contributed by atoms with Crippen LogP contribution in [0.2, 0.25) is 0 Å². The largest absolute Gasteiger partial charge is 0.759 e. The Hall–Kier alpha value is -3.35. The van der Waals surface area contributed by atoms with Gasteiger partial charge in [-0.3, -0.25) is 9.69 Å². The number of nitrogens with zero attached hydrogens (tertiary/aromatic N) is 2. The monoisotopic (exact) mass is 466 g/mol. The molecule has 0 aliphatic heterocycles. The smallest absolute Gasteiger partial charge is 0.410 e. The fourth-order valence-corrected chi connectivity index (χ4v) is 4.81. The summed E-state index contributed by atoms with van der Waals surface area (Å²) in [6.45, 7) is 0.0727. The zero-order valence-electron chi connectivity index (χ0n) is 18.8. The van der Waals surface area contributed by atoms with Crippen molar-refractivity contribution in [2.45, 2.75) is 24.8 Å². The summed E-state index contributed by atoms with van der Waals surface area (Å²) in [6, 6.07) is 14.6. The molecule has 0 fully saturated rings. The zero-order valence-corrected chi connectivity index (χ0v) is 19.6. The molecule has 2 aromatic rings. The van der Waals surface area contributed by atoms with Crippen LogP contribution in [0, 0.1) is 0 Å². The van der Waals surface area contributed by atoms with E-state index < -0.39 is 34.8 Å². The number of allylic oxidation sites excluding steroid dienone is 1. The molecule has 7 nitrogen and oxygen atoms in total. The lowest BCUT2D eigenvalue weighted by Crippen LogP contribution is -2.43. The lowest BCUT2D eigenvalue weighted by molar-refractivity contribution is -0.142. The summed E-state index contributed by atoms with van der Waals surface area (Å²) in [5, 5.41) is 18.8. The van der Waals surface area contributed by atoms with Crippen molar-refractivity contribution in [1.29, 1.82) is 0 Å². The van der Waals surface area contributed by atoms with Crippen molar-refractivity contribution in [3.05, 3.63) is 70.0 Å². The van der Waals surface area contributed by atoms with Gasteiger partial charge in [0.05, 0.1) is 0 Å². The van der Waals surface area contributed by atoms with Crippen LogP contribution in [0.15, 0.2) is 53.4 Å². The fraction of sp³-hybridized carbons (Fsp3) is 0.320. The number of aliphatic carboxylic acids is 1. The first-order valence-corrected chi connectivity index (χ1v) is 12.5. The number of hydrogen-bond acceptors (Lipinski definition) is 4. The van der Waals surface area contributed by atoms with Crippen molar-refractivity contribution in [3.63, 3.8) is 0 Å². The van der Waals surface area contributed by atoms with Crippen molar-refractivity contribution in [3.8, 4) is 11.1 Å². The summed E-state index contributed by atoms with van der Waals surface area (Å²) in [5.41, 5.74) is 4.31. The van der Waals surface area contributed by atoms with Crippen molar-refractivity contribution in [1.82, 2.24) is 4.90 Å². The minimum Gasteiger partial charge on any atom is -0.759 e. The Bertz CT molecular complexity index is 1080. The van der Waals surface area contributed by atoms with Crippen LogP contribution in [0.3, 0.4) is 0 Å². The number of fused-ring (bicyclic) bond motifs is 3. The lowest BCUT2D eigenvalue weighted by Gasteiger charge is -2.25. The molecule has 0 spiro atoms. The van der Waals surface area contributed by atoms with Crippen molar-refractivity contribution in [2.75, 3.05) is 26.2 Å². The number of amides is 1. The van der Waals surface area contributed by atoms with Gasteiger partial charge in [-0.15, -0.1) is 0 Å². The molecule has 0 saturated heterocycles. The number of carboxylic acids is 1. The maximum atomic E-state index is 12.7. The Morgan fingerprint density at radius 1 is 1.09 bits per heavy atom. The highest BCUT2D eigenvalue weighted by Gasteiger charge is 2.32. The Morgan fingerprint density at radius 3 is 2.12 bits per heavy atom. The maximum Gasteiger partial charge on any atom is 0.410 e. The van der Waals surface area contributed by atoms with Gasteiger partial charge in [0.15, 0.2) is 0 Å². The number of Topliss-reactive ketones (excluding diaryl/α,β-unsaturated/α-hetero) is 1. The molecule has 0 radical (unpaired) electrons. The van der Waals surface area contributed by atoms with E-state index in [1.54, 1.807) is 12.5 Å². The van der Waals surface area contributed by atoms with E-state index >= 15 is 0 Å². The second-order valence-corrected chi connectivity index (χ2v) is 10.0. The highest BCUT2D eigenvalue weighted by atomic mass is 32.2. The van der Waals surface area contributed by atoms with E-state index in [4.69, 9.17) is 10.1 Å². The third kappa shape index (κ3) is 5.18. The highest BCUT2D eigenvalue weighted by Crippen LogP contribution is 2.44. The van der Waals surface area contributed by atoms with E-state index in [2.05, 4.69) is 0 Å². The molecule has 1 amide bonds. The number of likely N-dealkylation sites (N-methyl/N-ethyl adjacent to an activating group) is 1. The summed E-state index contributed by atoms with van der Waals surface area (Å²) >= 11 is 0. The molecule has 1 aliphatic rings. The summed E-state index contributed by atoms with van der Waals surface area (Å²) in [5.74, 6) is 0.139. The minimum atomic E-state index is -1.24. The number of hydrogen-bond donors (Lipinski definition) is 1. The van der Waals surface area contributed by atoms with Crippen molar-refractivity contribution >= 4 is 34.6 Å². The summed E-state index contributed by atoms with van der Waals surface area (Å²) in [7, 11) is 0.833. The summed E-state index contributed by atoms with van der Waals surface area (Å²) < 4.78 is 5.53. The molecule has 0 aromatic heterocycles. The molecule has 8 heteroatoms. The van der Waals surface area contributed by atoms with Gasteiger partial charge in [-0.1, -0.05) is 48.5 Å². The van der Waals surface area contributed by atoms with Crippen LogP contribution in [0.25, 0.3) is 16.5 Å². The van der Waals surface area contributed by atoms with Gasteiger partial charge in [0.2, 0.25) is 10.7 Å². The first kappa shape index (κ1) is 24.3. The number of benzene rings is 2. The van der Waals surface area contributed by atoms with Gasteiger partial charge < -0.3 is 15.3 Å². The third-order valence-corrected chi connectivity index (χ3v) is 6.92. The number of ether oxygens (including phenoxy) is 1. The van der Waals surface area contributed by atoms with E-state index in [9.17, 15) is 19.5 Å². The molecular formula is C25H26N2O5S. The van der Waals surface area contributed by atoms with E-state index in [1.807, 2.05) is 54.4 Å². The average Bonchev–Trinajstić information content (AvgIpc) is 3.11. The van der Waals surface area contributed by atoms with E-state index in [0.29, 0.717) is 0 Å². The predicted octanol–water partition coefficient (Wildman–Crippen LogP) is 3.67. The van der Waals surface area contributed by atoms with Gasteiger partial charge in [0.1, 0.15) is 25.2 Å². The molecule has 1 aliphatic carbocycles. The minimum absolute atomic E-state index is 0.0727. The quantitative estimate of drug-likeness (QED) is 0.345. The molecule has 3 rings (SSSR count). The van der Waals surface area contributed by atoms with Crippen LogP contribution in [-0.4, -0.2) is 65.9 Å². The van der Waals surface area contributed by atoms with Crippen molar-refractivity contribution < 1.29 is 24.2 Å². The van der Waals surface area contributed by atoms with Gasteiger partial charge in [-0.25, -0.2) is 15.5 Å². The number of carbonyl (C=O) groups is 3. The van der Waals surface area contributed by atoms with E-state index in [-0.39, 0.29) is 30.3 Å². The van der Waals surface area contributed by atoms with Gasteiger partial charge >= 0.3 is 12.1 Å². The molecule has 33 heavy (non-hydrogen) atoms. The molecule has 0 bridgehead atoms. The first-order chi connectivity index (χ1) is 15.8. The lowest BCUT2D eigenvalue weighted by atomic mass is 9.98. The van der Waals surface area contributed by atoms with E-state index in [0.717, 1.165) is 27.2 Å². The molecule has 0 saturated carbocycles. The fourth-order valence-electron chi connectivity index (χ4n) is 4.07. The number of ketones is 1. The number of rotatable bonds is 9. The molecule has 2 aromatic carbocycles. The maximum absolute atomic E-state index is 12.7. The summed E-state index contributed by atoms with van der Waals surface area (Å²) in [6.07, 6.45) is 2.51. The molecule has 1 N–H and O–H groups in total. The van der Waals surface area contributed by atoms with Gasteiger partial charge in [0.25, 0.3) is 0 Å². The van der Waals surface area contributed by atoms with Crippen molar-refractivity contribution in [2.24, 2.45) is 0 Å².